The lowest BCUT2D eigenvalue weighted by atomic mass is 9.94. The van der Waals surface area contributed by atoms with Crippen LogP contribution in [-0.2, 0) is 16.0 Å². The molecule has 1 saturated heterocycles. The van der Waals surface area contributed by atoms with Gasteiger partial charge in [0.2, 0.25) is 0 Å². The maximum Gasteiger partial charge on any atom is 0.301 e. The summed E-state index contributed by atoms with van der Waals surface area (Å²) < 4.78 is 17.1. The van der Waals surface area contributed by atoms with E-state index in [4.69, 9.17) is 14.2 Å². The van der Waals surface area contributed by atoms with Crippen LogP contribution >= 0.6 is 11.3 Å². The highest BCUT2D eigenvalue weighted by atomic mass is 32.1. The van der Waals surface area contributed by atoms with E-state index >= 15 is 0 Å². The number of Topliss-reactive ketones (excluding diaryl/α,β-unsaturated/α-hetero) is 1. The van der Waals surface area contributed by atoms with E-state index in [-0.39, 0.29) is 34.1 Å². The lowest BCUT2D eigenvalue weighted by molar-refractivity contribution is -0.132. The monoisotopic (exact) mass is 544 g/mol. The van der Waals surface area contributed by atoms with Crippen molar-refractivity contribution in [1.29, 1.82) is 0 Å². The fourth-order valence-electron chi connectivity index (χ4n) is 5.06. The van der Waals surface area contributed by atoms with E-state index in [2.05, 4.69) is 4.98 Å². The van der Waals surface area contributed by atoms with Crippen molar-refractivity contribution in [3.8, 4) is 23.0 Å². The molecule has 39 heavy (non-hydrogen) atoms. The molecule has 2 N–H and O–H groups in total. The number of aromatic hydroxyl groups is 1. The minimum absolute atomic E-state index is 0.00472. The first-order valence-electron chi connectivity index (χ1n) is 12.2. The van der Waals surface area contributed by atoms with Gasteiger partial charge in [-0.2, -0.15) is 0 Å². The molecular formula is C29H24N2O7S. The topological polar surface area (TPSA) is 118 Å². The number of aromatic nitrogens is 1. The summed E-state index contributed by atoms with van der Waals surface area (Å²) in [5, 5.41) is 22.0. The van der Waals surface area contributed by atoms with Crippen LogP contribution in [0.15, 0.2) is 60.2 Å². The highest BCUT2D eigenvalue weighted by Gasteiger charge is 2.48. The summed E-state index contributed by atoms with van der Waals surface area (Å²) in [4.78, 5) is 33.0. The van der Waals surface area contributed by atoms with Crippen LogP contribution in [-0.4, -0.2) is 47.2 Å². The van der Waals surface area contributed by atoms with Gasteiger partial charge in [-0.05, 0) is 66.6 Å². The van der Waals surface area contributed by atoms with Gasteiger partial charge in [-0.25, -0.2) is 4.98 Å². The Labute approximate surface area is 227 Å². The maximum atomic E-state index is 13.6. The van der Waals surface area contributed by atoms with Gasteiger partial charge in [-0.1, -0.05) is 17.4 Å². The van der Waals surface area contributed by atoms with Crippen LogP contribution in [0.2, 0.25) is 0 Å². The molecule has 1 aromatic heterocycles. The molecule has 4 aromatic rings. The number of carbonyl (C=O) groups excluding carboxylic acids is 2. The molecule has 198 valence electrons. The number of aliphatic hydroxyl groups excluding tert-OH is 1. The van der Waals surface area contributed by atoms with E-state index in [0.29, 0.717) is 28.8 Å². The van der Waals surface area contributed by atoms with E-state index in [0.717, 1.165) is 16.0 Å². The van der Waals surface area contributed by atoms with Gasteiger partial charge in [-0.3, -0.25) is 14.5 Å². The van der Waals surface area contributed by atoms with Crippen molar-refractivity contribution in [2.75, 3.05) is 19.1 Å². The van der Waals surface area contributed by atoms with E-state index in [1.54, 1.807) is 55.6 Å². The largest absolute Gasteiger partial charge is 0.507 e. The molecule has 3 heterocycles. The predicted molar refractivity (Wildman–Crippen MR) is 146 cm³/mol. The molecule has 2 aliphatic rings. The van der Waals surface area contributed by atoms with Crippen molar-refractivity contribution in [3.63, 3.8) is 0 Å². The van der Waals surface area contributed by atoms with Crippen LogP contribution in [0.4, 0.5) is 5.13 Å². The maximum absolute atomic E-state index is 13.6. The summed E-state index contributed by atoms with van der Waals surface area (Å²) in [6.07, 6.45) is 0.670. The molecule has 10 heteroatoms. The van der Waals surface area contributed by atoms with Gasteiger partial charge in [0.1, 0.15) is 23.4 Å². The van der Waals surface area contributed by atoms with Crippen molar-refractivity contribution < 1.29 is 34.0 Å². The number of carbonyl (C=O) groups is 2. The standard InChI is InChI=1S/C29H24N2O7S/c1-14-10-17-11-16(5-9-21(17)38-14)26(33)24-25(15-4-8-20(32)22(12-15)37-3)31(28(35)27(24)34)29-30-19-7-6-18(36-2)13-23(19)39-29/h4-9,11-14,25,32-33H,10H2,1-3H3/t14-,25-/m0/s1. The van der Waals surface area contributed by atoms with Gasteiger partial charge < -0.3 is 24.4 Å². The number of fused-ring (bicyclic) bond motifs is 2. The summed E-state index contributed by atoms with van der Waals surface area (Å²) in [5.74, 6) is -0.547. The fraction of sp³-hybridized carbons (Fsp3) is 0.207. The van der Waals surface area contributed by atoms with Gasteiger partial charge in [0.05, 0.1) is 36.1 Å². The summed E-state index contributed by atoms with van der Waals surface area (Å²) >= 11 is 1.23. The number of phenols is 1. The second-order valence-corrected chi connectivity index (χ2v) is 10.4. The van der Waals surface area contributed by atoms with Gasteiger partial charge in [0.25, 0.3) is 5.78 Å². The third-order valence-electron chi connectivity index (χ3n) is 6.92. The van der Waals surface area contributed by atoms with Crippen LogP contribution in [0.1, 0.15) is 29.7 Å². The Morgan fingerprint density at radius 1 is 1.08 bits per heavy atom. The summed E-state index contributed by atoms with van der Waals surface area (Å²) in [6, 6.07) is 14.1. The number of hydrogen-bond acceptors (Lipinski definition) is 9. The number of nitrogens with zero attached hydrogens (tertiary/aromatic N) is 2. The van der Waals surface area contributed by atoms with Gasteiger partial charge in [0, 0.05) is 12.0 Å². The summed E-state index contributed by atoms with van der Waals surface area (Å²) in [7, 11) is 2.97. The molecule has 0 saturated carbocycles. The number of rotatable bonds is 5. The highest BCUT2D eigenvalue weighted by Crippen LogP contribution is 2.46. The van der Waals surface area contributed by atoms with E-state index in [9.17, 15) is 19.8 Å². The van der Waals surface area contributed by atoms with Crippen LogP contribution in [0.25, 0.3) is 16.0 Å². The smallest absolute Gasteiger partial charge is 0.301 e. The SMILES string of the molecule is COc1ccc2nc(N3C(=O)C(=O)C(=C(O)c4ccc5c(c4)C[C@H](C)O5)[C@@H]3c3ccc(O)c(OC)c3)sc2c1. The Balaban J connectivity index is 1.54. The fourth-order valence-corrected chi connectivity index (χ4v) is 6.08. The van der Waals surface area contributed by atoms with Crippen LogP contribution in [0.3, 0.4) is 0 Å². The number of ketones is 1. The van der Waals surface area contributed by atoms with Crippen molar-refractivity contribution in [1.82, 2.24) is 4.98 Å². The molecule has 0 spiro atoms. The Morgan fingerprint density at radius 3 is 2.67 bits per heavy atom. The average Bonchev–Trinajstić information content (AvgIpc) is 3.60. The molecule has 0 radical (unpaired) electrons. The number of aliphatic hydroxyl groups is 1. The first-order chi connectivity index (χ1) is 18.8. The Bertz CT molecular complexity index is 1690. The van der Waals surface area contributed by atoms with Crippen molar-refractivity contribution in [2.24, 2.45) is 0 Å². The molecular weight excluding hydrogens is 520 g/mol. The third kappa shape index (κ3) is 4.04. The number of amides is 1. The van der Waals surface area contributed by atoms with Gasteiger partial charge >= 0.3 is 5.91 Å². The zero-order valence-corrected chi connectivity index (χ0v) is 22.1. The molecule has 9 nitrogen and oxygen atoms in total. The minimum Gasteiger partial charge on any atom is -0.507 e. The van der Waals surface area contributed by atoms with Crippen LogP contribution in [0, 0.1) is 0 Å². The lowest BCUT2D eigenvalue weighted by Gasteiger charge is -2.23. The quantitative estimate of drug-likeness (QED) is 0.205. The molecule has 0 aliphatic carbocycles. The number of thiazole rings is 1. The Kier molecular flexibility index (Phi) is 5.91. The van der Waals surface area contributed by atoms with Gasteiger partial charge in [-0.15, -0.1) is 0 Å². The number of anilines is 1. The number of methoxy groups -OCH3 is 2. The number of benzene rings is 3. The second kappa shape index (κ2) is 9.32. The molecule has 0 unspecified atom stereocenters. The highest BCUT2D eigenvalue weighted by molar-refractivity contribution is 7.22. The molecule has 0 bridgehead atoms. The number of ether oxygens (including phenoxy) is 3. The molecule has 6 rings (SSSR count). The van der Waals surface area contributed by atoms with Crippen LogP contribution in [0.5, 0.6) is 23.0 Å². The third-order valence-corrected chi connectivity index (χ3v) is 7.94. The normalized spacial score (nSPS) is 19.8. The van der Waals surface area contributed by atoms with Crippen molar-refractivity contribution in [3.05, 3.63) is 76.9 Å². The number of hydrogen-bond donors (Lipinski definition) is 2. The first kappa shape index (κ1) is 24.7. The molecule has 1 amide bonds. The van der Waals surface area contributed by atoms with Crippen LogP contribution < -0.4 is 19.1 Å². The number of phenolic OH excluding ortho intramolecular Hbond substituents is 1. The average molecular weight is 545 g/mol. The van der Waals surface area contributed by atoms with Gasteiger partial charge in [0.15, 0.2) is 16.6 Å². The van der Waals surface area contributed by atoms with Crippen molar-refractivity contribution in [2.45, 2.75) is 25.5 Å². The second-order valence-electron chi connectivity index (χ2n) is 9.39. The zero-order valence-electron chi connectivity index (χ0n) is 21.3. The molecule has 1 fully saturated rings. The van der Waals surface area contributed by atoms with E-state index in [1.165, 1.54) is 29.4 Å². The van der Waals surface area contributed by atoms with E-state index in [1.807, 2.05) is 6.92 Å². The molecule has 2 atom stereocenters. The predicted octanol–water partition coefficient (Wildman–Crippen LogP) is 4.97. The summed E-state index contributed by atoms with van der Waals surface area (Å²) in [6.45, 7) is 1.96. The Morgan fingerprint density at radius 2 is 1.90 bits per heavy atom. The zero-order chi connectivity index (χ0) is 27.4. The van der Waals surface area contributed by atoms with Crippen molar-refractivity contribution >= 4 is 44.1 Å². The Hall–Kier alpha value is -4.57. The first-order valence-corrected chi connectivity index (χ1v) is 13.0. The lowest BCUT2D eigenvalue weighted by Crippen LogP contribution is -2.29. The molecule has 2 aliphatic heterocycles. The van der Waals surface area contributed by atoms with E-state index < -0.39 is 17.7 Å². The molecule has 3 aromatic carbocycles. The minimum atomic E-state index is -1.02. The summed E-state index contributed by atoms with van der Waals surface area (Å²) in [5.41, 5.74) is 2.31.